The molecule has 3 heteroatoms. The third-order valence-corrected chi connectivity index (χ3v) is 3.79. The van der Waals surface area contributed by atoms with E-state index in [0.717, 1.165) is 10.4 Å². The van der Waals surface area contributed by atoms with Crippen molar-refractivity contribution in [1.82, 2.24) is 9.88 Å². The summed E-state index contributed by atoms with van der Waals surface area (Å²) in [6, 6.07) is 2.20. The van der Waals surface area contributed by atoms with Crippen molar-refractivity contribution < 1.29 is 0 Å². The lowest BCUT2D eigenvalue weighted by atomic mass is 9.93. The summed E-state index contributed by atoms with van der Waals surface area (Å²) in [5.74, 6) is 0.834. The molecule has 2 rings (SSSR count). The first kappa shape index (κ1) is 12.1. The van der Waals surface area contributed by atoms with E-state index in [1.54, 1.807) is 0 Å². The van der Waals surface area contributed by atoms with Gasteiger partial charge in [-0.05, 0) is 79.3 Å². The monoisotopic (exact) mass is 282 g/mol. The van der Waals surface area contributed by atoms with Crippen LogP contribution in [-0.4, -0.2) is 30.0 Å². The molecular formula is C13H19BrN2. The molecule has 0 bridgehead atoms. The number of nitrogens with zero attached hydrogens (tertiary/aromatic N) is 2. The highest BCUT2D eigenvalue weighted by atomic mass is 79.9. The maximum absolute atomic E-state index is 4.23. The number of rotatable bonds is 2. The molecule has 88 valence electrons. The lowest BCUT2D eigenvalue weighted by molar-refractivity contribution is 0.341. The number of pyridine rings is 1. The smallest absolute Gasteiger partial charge is 0.0410 e. The average molecular weight is 283 g/mol. The van der Waals surface area contributed by atoms with Crippen LogP contribution in [0.25, 0.3) is 0 Å². The van der Waals surface area contributed by atoms with Crippen molar-refractivity contribution in [1.29, 1.82) is 0 Å². The van der Waals surface area contributed by atoms with Gasteiger partial charge in [-0.25, -0.2) is 0 Å². The molecule has 0 saturated carbocycles. The van der Waals surface area contributed by atoms with Crippen LogP contribution in [0.2, 0.25) is 0 Å². The van der Waals surface area contributed by atoms with Gasteiger partial charge < -0.3 is 4.90 Å². The van der Waals surface area contributed by atoms with E-state index in [2.05, 4.69) is 38.9 Å². The van der Waals surface area contributed by atoms with Crippen molar-refractivity contribution in [3.63, 3.8) is 0 Å². The first-order chi connectivity index (χ1) is 7.74. The molecule has 1 atom stereocenters. The van der Waals surface area contributed by atoms with Crippen LogP contribution < -0.4 is 0 Å². The van der Waals surface area contributed by atoms with E-state index in [9.17, 15) is 0 Å². The molecule has 1 saturated heterocycles. The summed E-state index contributed by atoms with van der Waals surface area (Å²) >= 11 is 3.48. The Morgan fingerprint density at radius 3 is 3.06 bits per heavy atom. The summed E-state index contributed by atoms with van der Waals surface area (Å²) in [5.41, 5.74) is 1.36. The largest absolute Gasteiger partial charge is 0.306 e. The van der Waals surface area contributed by atoms with Crippen molar-refractivity contribution in [2.75, 3.05) is 20.1 Å². The standard InChI is InChI=1S/C13H19BrN2/c1-16-5-2-3-11(4-6-16)7-12-8-13(14)10-15-9-12/h8-11H,2-7H2,1H3/t11-/m0/s1. The Morgan fingerprint density at radius 2 is 2.25 bits per heavy atom. The van der Waals surface area contributed by atoms with Crippen LogP contribution in [0.4, 0.5) is 0 Å². The summed E-state index contributed by atoms with van der Waals surface area (Å²) in [4.78, 5) is 6.67. The zero-order chi connectivity index (χ0) is 11.4. The van der Waals surface area contributed by atoms with Crippen molar-refractivity contribution in [2.45, 2.75) is 25.7 Å². The average Bonchev–Trinajstić information content (AvgIpc) is 2.44. The Hall–Kier alpha value is -0.410. The first-order valence-electron chi connectivity index (χ1n) is 6.02. The molecule has 0 spiro atoms. The number of hydrogen-bond acceptors (Lipinski definition) is 2. The van der Waals surface area contributed by atoms with Gasteiger partial charge in [0.2, 0.25) is 0 Å². The molecule has 0 aliphatic carbocycles. The highest BCUT2D eigenvalue weighted by Crippen LogP contribution is 2.22. The zero-order valence-corrected chi connectivity index (χ0v) is 11.4. The Balaban J connectivity index is 1.93. The summed E-state index contributed by atoms with van der Waals surface area (Å²) in [5, 5.41) is 0. The third-order valence-electron chi connectivity index (χ3n) is 3.36. The first-order valence-corrected chi connectivity index (χ1v) is 6.81. The molecule has 2 nitrogen and oxygen atoms in total. The molecule has 0 unspecified atom stereocenters. The molecule has 1 aromatic heterocycles. The molecule has 1 aliphatic heterocycles. The maximum Gasteiger partial charge on any atom is 0.0410 e. The normalized spacial score (nSPS) is 23.0. The predicted molar refractivity (Wildman–Crippen MR) is 70.5 cm³/mol. The Morgan fingerprint density at radius 1 is 1.38 bits per heavy atom. The molecule has 2 heterocycles. The van der Waals surface area contributed by atoms with Gasteiger partial charge in [0.25, 0.3) is 0 Å². The summed E-state index contributed by atoms with van der Waals surface area (Å²) < 4.78 is 1.09. The second-order valence-corrected chi connectivity index (χ2v) is 5.73. The Labute approximate surface area is 106 Å². The molecule has 0 amide bonds. The fourth-order valence-electron chi connectivity index (χ4n) is 2.41. The minimum Gasteiger partial charge on any atom is -0.306 e. The predicted octanol–water partition coefficient (Wildman–Crippen LogP) is 3.12. The van der Waals surface area contributed by atoms with Gasteiger partial charge in [0.05, 0.1) is 0 Å². The number of hydrogen-bond donors (Lipinski definition) is 0. The van der Waals surface area contributed by atoms with Gasteiger partial charge in [-0.3, -0.25) is 4.98 Å². The van der Waals surface area contributed by atoms with Gasteiger partial charge in [-0.2, -0.15) is 0 Å². The van der Waals surface area contributed by atoms with E-state index in [4.69, 9.17) is 0 Å². The van der Waals surface area contributed by atoms with Crippen LogP contribution >= 0.6 is 15.9 Å². The molecule has 1 aromatic rings. The molecule has 1 aliphatic rings. The molecule has 0 N–H and O–H groups in total. The van der Waals surface area contributed by atoms with Crippen molar-refractivity contribution in [3.05, 3.63) is 28.5 Å². The highest BCUT2D eigenvalue weighted by molar-refractivity contribution is 9.10. The fraction of sp³-hybridized carbons (Fsp3) is 0.615. The second kappa shape index (κ2) is 5.78. The quantitative estimate of drug-likeness (QED) is 0.829. The summed E-state index contributed by atoms with van der Waals surface area (Å²) in [6.45, 7) is 2.50. The summed E-state index contributed by atoms with van der Waals surface area (Å²) in [6.07, 6.45) is 9.05. The van der Waals surface area contributed by atoms with E-state index < -0.39 is 0 Å². The number of aromatic nitrogens is 1. The highest BCUT2D eigenvalue weighted by Gasteiger charge is 2.15. The molecular weight excluding hydrogens is 264 g/mol. The van der Waals surface area contributed by atoms with Gasteiger partial charge in [-0.15, -0.1) is 0 Å². The Kier molecular flexibility index (Phi) is 4.36. The van der Waals surface area contributed by atoms with Gasteiger partial charge in [-0.1, -0.05) is 0 Å². The number of likely N-dealkylation sites (tertiary alicyclic amines) is 1. The second-order valence-electron chi connectivity index (χ2n) is 4.82. The van der Waals surface area contributed by atoms with Crippen LogP contribution in [0.1, 0.15) is 24.8 Å². The van der Waals surface area contributed by atoms with Crippen molar-refractivity contribution >= 4 is 15.9 Å². The third kappa shape index (κ3) is 3.56. The van der Waals surface area contributed by atoms with Crippen LogP contribution in [0.15, 0.2) is 22.9 Å². The van der Waals surface area contributed by atoms with E-state index in [1.165, 1.54) is 44.3 Å². The van der Waals surface area contributed by atoms with E-state index in [1.807, 2.05) is 12.4 Å². The Bertz CT molecular complexity index is 340. The minimum absolute atomic E-state index is 0.834. The summed E-state index contributed by atoms with van der Waals surface area (Å²) in [7, 11) is 2.23. The van der Waals surface area contributed by atoms with Gasteiger partial charge in [0, 0.05) is 16.9 Å². The van der Waals surface area contributed by atoms with Gasteiger partial charge in [0.1, 0.15) is 0 Å². The van der Waals surface area contributed by atoms with Crippen molar-refractivity contribution in [3.8, 4) is 0 Å². The fourth-order valence-corrected chi connectivity index (χ4v) is 2.83. The van der Waals surface area contributed by atoms with Crippen molar-refractivity contribution in [2.24, 2.45) is 5.92 Å². The van der Waals surface area contributed by atoms with Crippen LogP contribution in [0, 0.1) is 5.92 Å². The zero-order valence-electron chi connectivity index (χ0n) is 9.82. The molecule has 0 radical (unpaired) electrons. The lowest BCUT2D eigenvalue weighted by Gasteiger charge is -2.14. The van der Waals surface area contributed by atoms with E-state index in [0.29, 0.717) is 0 Å². The SMILES string of the molecule is CN1CCC[C@H](Cc2cncc(Br)c2)CC1. The topological polar surface area (TPSA) is 16.1 Å². The van der Waals surface area contributed by atoms with Crippen LogP contribution in [0.5, 0.6) is 0 Å². The van der Waals surface area contributed by atoms with Crippen LogP contribution in [0.3, 0.4) is 0 Å². The lowest BCUT2D eigenvalue weighted by Crippen LogP contribution is -2.19. The van der Waals surface area contributed by atoms with E-state index in [-0.39, 0.29) is 0 Å². The molecule has 0 aromatic carbocycles. The van der Waals surface area contributed by atoms with Gasteiger partial charge in [0.15, 0.2) is 0 Å². The van der Waals surface area contributed by atoms with E-state index >= 15 is 0 Å². The minimum atomic E-state index is 0.834. The number of halogens is 1. The molecule has 16 heavy (non-hydrogen) atoms. The maximum atomic E-state index is 4.23. The van der Waals surface area contributed by atoms with Gasteiger partial charge >= 0.3 is 0 Å². The van der Waals surface area contributed by atoms with Crippen LogP contribution in [-0.2, 0) is 6.42 Å². The molecule has 1 fully saturated rings.